The molecule has 6 heteroatoms. The molecule has 0 aliphatic heterocycles. The fourth-order valence-corrected chi connectivity index (χ4v) is 2.34. The molecular formula is C13H7Cl4NO. The predicted molar refractivity (Wildman–Crippen MR) is 80.9 cm³/mol. The van der Waals surface area contributed by atoms with E-state index in [1.807, 2.05) is 0 Å². The molecule has 0 aliphatic carbocycles. The van der Waals surface area contributed by atoms with Crippen LogP contribution in [0.25, 0.3) is 0 Å². The number of anilines is 1. The highest BCUT2D eigenvalue weighted by atomic mass is 35.5. The summed E-state index contributed by atoms with van der Waals surface area (Å²) in [6, 6.07) is 9.38. The van der Waals surface area contributed by atoms with E-state index >= 15 is 0 Å². The SMILES string of the molecule is O=C(Nc1cc(Cl)ccc1Cl)c1cc(Cl)cc(Cl)c1. The number of halogens is 4. The normalized spacial score (nSPS) is 10.3. The summed E-state index contributed by atoms with van der Waals surface area (Å²) in [5.41, 5.74) is 0.767. The lowest BCUT2D eigenvalue weighted by Crippen LogP contribution is -2.12. The second kappa shape index (κ2) is 6.02. The van der Waals surface area contributed by atoms with Crippen molar-refractivity contribution in [2.24, 2.45) is 0 Å². The average Bonchev–Trinajstić information content (AvgIpc) is 2.32. The molecule has 1 amide bonds. The van der Waals surface area contributed by atoms with E-state index in [9.17, 15) is 4.79 Å². The zero-order valence-electron chi connectivity index (χ0n) is 9.38. The highest BCUT2D eigenvalue weighted by Gasteiger charge is 2.10. The fraction of sp³-hybridized carbons (Fsp3) is 0. The van der Waals surface area contributed by atoms with Crippen molar-refractivity contribution in [2.45, 2.75) is 0 Å². The number of hydrogen-bond donors (Lipinski definition) is 1. The number of rotatable bonds is 2. The molecule has 1 N–H and O–H groups in total. The van der Waals surface area contributed by atoms with Crippen molar-refractivity contribution in [2.75, 3.05) is 5.32 Å². The molecule has 0 aromatic heterocycles. The topological polar surface area (TPSA) is 29.1 Å². The maximum absolute atomic E-state index is 12.1. The molecule has 2 nitrogen and oxygen atoms in total. The van der Waals surface area contributed by atoms with Gasteiger partial charge in [0.1, 0.15) is 0 Å². The van der Waals surface area contributed by atoms with Gasteiger partial charge in [-0.05, 0) is 36.4 Å². The maximum atomic E-state index is 12.1. The molecular weight excluding hydrogens is 328 g/mol. The van der Waals surface area contributed by atoms with E-state index in [4.69, 9.17) is 46.4 Å². The number of hydrogen-bond acceptors (Lipinski definition) is 1. The van der Waals surface area contributed by atoms with E-state index in [2.05, 4.69) is 5.32 Å². The second-order valence-corrected chi connectivity index (χ2v) is 5.45. The molecule has 0 spiro atoms. The first-order chi connectivity index (χ1) is 8.95. The monoisotopic (exact) mass is 333 g/mol. The molecule has 0 fully saturated rings. The van der Waals surface area contributed by atoms with Crippen LogP contribution in [0.3, 0.4) is 0 Å². The summed E-state index contributed by atoms with van der Waals surface area (Å²) in [7, 11) is 0. The number of benzene rings is 2. The maximum Gasteiger partial charge on any atom is 0.255 e. The first-order valence-corrected chi connectivity index (χ1v) is 6.69. The third-order valence-corrected chi connectivity index (χ3v) is 3.30. The third-order valence-electron chi connectivity index (χ3n) is 2.30. The van der Waals surface area contributed by atoms with Gasteiger partial charge in [0.15, 0.2) is 0 Å². The van der Waals surface area contributed by atoms with Crippen molar-refractivity contribution in [3.63, 3.8) is 0 Å². The molecule has 0 radical (unpaired) electrons. The van der Waals surface area contributed by atoms with Crippen molar-refractivity contribution in [1.29, 1.82) is 0 Å². The summed E-state index contributed by atoms with van der Waals surface area (Å²) >= 11 is 23.5. The van der Waals surface area contributed by atoms with E-state index in [1.165, 1.54) is 12.1 Å². The van der Waals surface area contributed by atoms with Crippen LogP contribution in [0.2, 0.25) is 20.1 Å². The Hall–Kier alpha value is -0.930. The van der Waals surface area contributed by atoms with E-state index < -0.39 is 0 Å². The van der Waals surface area contributed by atoms with Crippen LogP contribution in [-0.2, 0) is 0 Å². The van der Waals surface area contributed by atoms with Gasteiger partial charge in [-0.1, -0.05) is 46.4 Å². The Labute approximate surface area is 130 Å². The molecule has 2 aromatic carbocycles. The quantitative estimate of drug-likeness (QED) is 0.766. The lowest BCUT2D eigenvalue weighted by Gasteiger charge is -2.08. The van der Waals surface area contributed by atoms with E-state index in [0.29, 0.717) is 31.3 Å². The van der Waals surface area contributed by atoms with Crippen molar-refractivity contribution in [3.8, 4) is 0 Å². The highest BCUT2D eigenvalue weighted by molar-refractivity contribution is 6.36. The lowest BCUT2D eigenvalue weighted by atomic mass is 10.2. The third kappa shape index (κ3) is 3.77. The first-order valence-electron chi connectivity index (χ1n) is 5.18. The summed E-state index contributed by atoms with van der Waals surface area (Å²) in [6.45, 7) is 0. The summed E-state index contributed by atoms with van der Waals surface area (Å²) in [5.74, 6) is -0.367. The zero-order valence-corrected chi connectivity index (χ0v) is 12.4. The summed E-state index contributed by atoms with van der Waals surface area (Å²) in [6.07, 6.45) is 0. The van der Waals surface area contributed by atoms with Crippen molar-refractivity contribution in [1.82, 2.24) is 0 Å². The Morgan fingerprint density at radius 3 is 2.11 bits per heavy atom. The van der Waals surface area contributed by atoms with Gasteiger partial charge in [0, 0.05) is 20.6 Å². The Morgan fingerprint density at radius 2 is 1.47 bits per heavy atom. The van der Waals surface area contributed by atoms with Gasteiger partial charge in [-0.15, -0.1) is 0 Å². The van der Waals surface area contributed by atoms with Gasteiger partial charge in [-0.2, -0.15) is 0 Å². The number of amides is 1. The molecule has 0 bridgehead atoms. The van der Waals surface area contributed by atoms with Crippen LogP contribution in [0.1, 0.15) is 10.4 Å². The van der Waals surface area contributed by atoms with Crippen LogP contribution in [0.4, 0.5) is 5.69 Å². The minimum Gasteiger partial charge on any atom is -0.321 e. The van der Waals surface area contributed by atoms with Crippen LogP contribution >= 0.6 is 46.4 Å². The lowest BCUT2D eigenvalue weighted by molar-refractivity contribution is 0.102. The van der Waals surface area contributed by atoms with E-state index in [1.54, 1.807) is 24.3 Å². The Balaban J connectivity index is 2.28. The van der Waals surface area contributed by atoms with Crippen LogP contribution < -0.4 is 5.32 Å². The zero-order chi connectivity index (χ0) is 14.0. The Bertz CT molecular complexity index is 622. The molecule has 98 valence electrons. The average molecular weight is 335 g/mol. The fourth-order valence-electron chi connectivity index (χ4n) is 1.47. The molecule has 2 rings (SSSR count). The van der Waals surface area contributed by atoms with Gasteiger partial charge in [0.2, 0.25) is 0 Å². The number of nitrogens with one attached hydrogen (secondary N) is 1. The molecule has 0 heterocycles. The van der Waals surface area contributed by atoms with Crippen molar-refractivity contribution >= 4 is 58.0 Å². The Morgan fingerprint density at radius 1 is 0.842 bits per heavy atom. The summed E-state index contributed by atoms with van der Waals surface area (Å²) < 4.78 is 0. The van der Waals surface area contributed by atoms with Gasteiger partial charge >= 0.3 is 0 Å². The van der Waals surface area contributed by atoms with Crippen LogP contribution in [0, 0.1) is 0 Å². The van der Waals surface area contributed by atoms with Gasteiger partial charge in [-0.25, -0.2) is 0 Å². The summed E-state index contributed by atoms with van der Waals surface area (Å²) in [4.78, 5) is 12.1. The standard InChI is InChI=1S/C13H7Cl4NO/c14-8-1-2-11(17)12(6-8)18-13(19)7-3-9(15)5-10(16)4-7/h1-6H,(H,18,19). The molecule has 19 heavy (non-hydrogen) atoms. The molecule has 0 atom stereocenters. The first kappa shape index (κ1) is 14.5. The molecule has 2 aromatic rings. The number of carbonyl (C=O) groups is 1. The van der Waals surface area contributed by atoms with Gasteiger partial charge in [0.25, 0.3) is 5.91 Å². The van der Waals surface area contributed by atoms with Crippen LogP contribution in [0.15, 0.2) is 36.4 Å². The van der Waals surface area contributed by atoms with E-state index in [-0.39, 0.29) is 5.91 Å². The molecule has 0 aliphatic rings. The van der Waals surface area contributed by atoms with Crippen LogP contribution in [-0.4, -0.2) is 5.91 Å². The highest BCUT2D eigenvalue weighted by Crippen LogP contribution is 2.26. The van der Waals surface area contributed by atoms with Gasteiger partial charge in [-0.3, -0.25) is 4.79 Å². The van der Waals surface area contributed by atoms with Crippen molar-refractivity contribution in [3.05, 3.63) is 62.1 Å². The minimum absolute atomic E-state index is 0.341. The molecule has 0 unspecified atom stereocenters. The minimum atomic E-state index is -0.367. The predicted octanol–water partition coefficient (Wildman–Crippen LogP) is 5.55. The van der Waals surface area contributed by atoms with Gasteiger partial charge < -0.3 is 5.32 Å². The number of carbonyl (C=O) groups excluding carboxylic acids is 1. The second-order valence-electron chi connectivity index (χ2n) is 3.74. The molecule has 0 saturated carbocycles. The van der Waals surface area contributed by atoms with E-state index in [0.717, 1.165) is 0 Å². The Kier molecular flexibility index (Phi) is 4.58. The largest absolute Gasteiger partial charge is 0.321 e. The van der Waals surface area contributed by atoms with Crippen LogP contribution in [0.5, 0.6) is 0 Å². The van der Waals surface area contributed by atoms with Gasteiger partial charge in [0.05, 0.1) is 10.7 Å². The summed E-state index contributed by atoms with van der Waals surface area (Å²) in [5, 5.41) is 4.29. The van der Waals surface area contributed by atoms with Crippen molar-refractivity contribution < 1.29 is 4.79 Å². The molecule has 0 saturated heterocycles. The smallest absolute Gasteiger partial charge is 0.255 e.